The van der Waals surface area contributed by atoms with E-state index in [1.54, 1.807) is 4.90 Å². The average Bonchev–Trinajstić information content (AvgIpc) is 2.52. The van der Waals surface area contributed by atoms with Gasteiger partial charge in [-0.1, -0.05) is 6.42 Å². The molecule has 0 aromatic heterocycles. The highest BCUT2D eigenvalue weighted by atomic mass is 19.4. The Morgan fingerprint density at radius 3 is 2.30 bits per heavy atom. The summed E-state index contributed by atoms with van der Waals surface area (Å²) in [6, 6.07) is 0. The van der Waals surface area contributed by atoms with Crippen molar-refractivity contribution in [1.29, 1.82) is 0 Å². The second-order valence-corrected chi connectivity index (χ2v) is 6.80. The molecule has 1 saturated carbocycles. The molecule has 2 rings (SSSR count). The molecule has 1 amide bonds. The van der Waals surface area contributed by atoms with Crippen LogP contribution >= 0.6 is 0 Å². The van der Waals surface area contributed by atoms with Gasteiger partial charge in [-0.3, -0.25) is 9.59 Å². The Morgan fingerprint density at radius 2 is 1.74 bits per heavy atom. The van der Waals surface area contributed by atoms with Crippen LogP contribution < -0.4 is 0 Å². The molecule has 0 bridgehead atoms. The first-order valence-corrected chi connectivity index (χ1v) is 8.34. The van der Waals surface area contributed by atoms with Crippen LogP contribution in [-0.2, 0) is 9.59 Å². The molecular formula is C16H24F3NO3. The number of piperidine rings is 1. The lowest BCUT2D eigenvalue weighted by Crippen LogP contribution is -2.44. The van der Waals surface area contributed by atoms with Gasteiger partial charge in [0.1, 0.15) is 0 Å². The molecule has 0 aromatic carbocycles. The summed E-state index contributed by atoms with van der Waals surface area (Å²) >= 11 is 0. The van der Waals surface area contributed by atoms with Crippen LogP contribution in [0.4, 0.5) is 13.2 Å². The highest BCUT2D eigenvalue weighted by Gasteiger charge is 2.44. The van der Waals surface area contributed by atoms with Crippen molar-refractivity contribution >= 4 is 11.9 Å². The monoisotopic (exact) mass is 335 g/mol. The number of halogens is 3. The first-order valence-electron chi connectivity index (χ1n) is 8.34. The van der Waals surface area contributed by atoms with Crippen LogP contribution in [0.1, 0.15) is 51.4 Å². The molecule has 1 N–H and O–H groups in total. The van der Waals surface area contributed by atoms with Gasteiger partial charge in [0.25, 0.3) is 0 Å². The highest BCUT2D eigenvalue weighted by molar-refractivity contribution is 5.79. The molecule has 2 aliphatic rings. The molecule has 0 aromatic rings. The van der Waals surface area contributed by atoms with Crippen LogP contribution in [0.15, 0.2) is 0 Å². The summed E-state index contributed by atoms with van der Waals surface area (Å²) in [7, 11) is 0. The zero-order valence-electron chi connectivity index (χ0n) is 13.1. The summed E-state index contributed by atoms with van der Waals surface area (Å²) in [5.41, 5.74) is 0. The van der Waals surface area contributed by atoms with Crippen LogP contribution in [0.3, 0.4) is 0 Å². The van der Waals surface area contributed by atoms with E-state index in [0.717, 1.165) is 12.8 Å². The van der Waals surface area contributed by atoms with Crippen LogP contribution in [0.2, 0.25) is 0 Å². The Kier molecular flexibility index (Phi) is 5.92. The Bertz CT molecular complexity index is 431. The number of rotatable bonds is 4. The van der Waals surface area contributed by atoms with Crippen molar-refractivity contribution in [1.82, 2.24) is 4.90 Å². The second-order valence-electron chi connectivity index (χ2n) is 6.80. The van der Waals surface area contributed by atoms with Crippen molar-refractivity contribution in [2.24, 2.45) is 17.8 Å². The van der Waals surface area contributed by atoms with E-state index in [2.05, 4.69) is 0 Å². The van der Waals surface area contributed by atoms with E-state index in [-0.39, 0.29) is 25.2 Å². The van der Waals surface area contributed by atoms with Gasteiger partial charge < -0.3 is 10.0 Å². The van der Waals surface area contributed by atoms with Crippen LogP contribution in [0.5, 0.6) is 0 Å². The van der Waals surface area contributed by atoms with Gasteiger partial charge in [0, 0.05) is 25.4 Å². The zero-order valence-corrected chi connectivity index (χ0v) is 13.1. The molecule has 1 heterocycles. The maximum atomic E-state index is 12.8. The summed E-state index contributed by atoms with van der Waals surface area (Å²) in [6.07, 6.45) is -0.928. The Morgan fingerprint density at radius 1 is 1.09 bits per heavy atom. The number of carbonyl (C=O) groups is 2. The van der Waals surface area contributed by atoms with Crippen LogP contribution in [-0.4, -0.2) is 41.1 Å². The summed E-state index contributed by atoms with van der Waals surface area (Å²) in [5, 5.41) is 8.69. The highest BCUT2D eigenvalue weighted by Crippen LogP contribution is 2.40. The van der Waals surface area contributed by atoms with Crippen molar-refractivity contribution in [3.8, 4) is 0 Å². The fourth-order valence-corrected chi connectivity index (χ4v) is 3.74. The largest absolute Gasteiger partial charge is 0.481 e. The number of likely N-dealkylation sites (tertiary alicyclic amines) is 1. The van der Waals surface area contributed by atoms with Crippen molar-refractivity contribution in [3.05, 3.63) is 0 Å². The van der Waals surface area contributed by atoms with Gasteiger partial charge in [-0.25, -0.2) is 0 Å². The molecule has 23 heavy (non-hydrogen) atoms. The molecule has 4 nitrogen and oxygen atoms in total. The van der Waals surface area contributed by atoms with E-state index >= 15 is 0 Å². The number of carboxylic acid groups (broad SMARTS) is 1. The molecule has 0 radical (unpaired) electrons. The van der Waals surface area contributed by atoms with E-state index in [0.29, 0.717) is 38.3 Å². The third kappa shape index (κ3) is 5.11. The Labute approximate surface area is 134 Å². The molecular weight excluding hydrogens is 311 g/mol. The summed E-state index contributed by atoms with van der Waals surface area (Å²) in [5.74, 6) is -2.52. The molecule has 1 saturated heterocycles. The Hall–Kier alpha value is -1.27. The summed E-state index contributed by atoms with van der Waals surface area (Å²) < 4.78 is 38.5. The number of amides is 1. The van der Waals surface area contributed by atoms with E-state index in [1.807, 2.05) is 0 Å². The minimum Gasteiger partial charge on any atom is -0.481 e. The molecule has 2 unspecified atom stereocenters. The zero-order chi connectivity index (χ0) is 17.0. The average molecular weight is 335 g/mol. The van der Waals surface area contributed by atoms with E-state index in [9.17, 15) is 22.8 Å². The van der Waals surface area contributed by atoms with Crippen molar-refractivity contribution in [2.45, 2.75) is 57.5 Å². The number of hydrogen-bond donors (Lipinski definition) is 1. The summed E-state index contributed by atoms with van der Waals surface area (Å²) in [4.78, 5) is 24.7. The SMILES string of the molecule is O=C(O)CCC1CCN(C(=O)C2CCCC(C(F)(F)F)C2)CC1. The van der Waals surface area contributed by atoms with Crippen molar-refractivity contribution in [2.75, 3.05) is 13.1 Å². The molecule has 7 heteroatoms. The second kappa shape index (κ2) is 7.53. The topological polar surface area (TPSA) is 57.6 Å². The van der Waals surface area contributed by atoms with Crippen molar-refractivity contribution in [3.63, 3.8) is 0 Å². The van der Waals surface area contributed by atoms with Gasteiger partial charge in [-0.15, -0.1) is 0 Å². The maximum absolute atomic E-state index is 12.8. The van der Waals surface area contributed by atoms with E-state index < -0.39 is 24.0 Å². The molecule has 1 aliphatic carbocycles. The first-order chi connectivity index (χ1) is 10.8. The number of nitrogens with zero attached hydrogens (tertiary/aromatic N) is 1. The Balaban J connectivity index is 1.81. The van der Waals surface area contributed by atoms with Crippen LogP contribution in [0, 0.1) is 17.8 Å². The van der Waals surface area contributed by atoms with Gasteiger partial charge >= 0.3 is 12.1 Å². The number of carbonyl (C=O) groups excluding carboxylic acids is 1. The van der Waals surface area contributed by atoms with Crippen LogP contribution in [0.25, 0.3) is 0 Å². The minimum atomic E-state index is -4.21. The standard InChI is InChI=1S/C16H24F3NO3/c17-16(18,19)13-3-1-2-12(10-13)15(23)20-8-6-11(7-9-20)4-5-14(21)22/h11-13H,1-10H2,(H,21,22). The molecule has 2 atom stereocenters. The van der Waals surface area contributed by atoms with Gasteiger partial charge in [-0.05, 0) is 44.4 Å². The number of alkyl halides is 3. The molecule has 0 spiro atoms. The lowest BCUT2D eigenvalue weighted by atomic mass is 9.80. The maximum Gasteiger partial charge on any atom is 0.391 e. The minimum absolute atomic E-state index is 0.0821. The number of carboxylic acids is 1. The predicted octanol–water partition coefficient (Wildman–Crippen LogP) is 3.46. The fraction of sp³-hybridized carbons (Fsp3) is 0.875. The number of hydrogen-bond acceptors (Lipinski definition) is 2. The predicted molar refractivity (Wildman–Crippen MR) is 77.7 cm³/mol. The third-order valence-electron chi connectivity index (χ3n) is 5.18. The van der Waals surface area contributed by atoms with E-state index in [1.165, 1.54) is 0 Å². The van der Waals surface area contributed by atoms with Gasteiger partial charge in [0.15, 0.2) is 0 Å². The quantitative estimate of drug-likeness (QED) is 0.856. The third-order valence-corrected chi connectivity index (χ3v) is 5.18. The normalized spacial score (nSPS) is 27.0. The lowest BCUT2D eigenvalue weighted by molar-refractivity contribution is -0.187. The first kappa shape index (κ1) is 18.1. The number of aliphatic carboxylic acids is 1. The smallest absolute Gasteiger partial charge is 0.391 e. The van der Waals surface area contributed by atoms with Gasteiger partial charge in [-0.2, -0.15) is 13.2 Å². The summed E-state index contributed by atoms with van der Waals surface area (Å²) in [6.45, 7) is 1.08. The molecule has 132 valence electrons. The van der Waals surface area contributed by atoms with Gasteiger partial charge in [0.2, 0.25) is 5.91 Å². The fourth-order valence-electron chi connectivity index (χ4n) is 3.74. The molecule has 1 aliphatic heterocycles. The molecule has 2 fully saturated rings. The lowest BCUT2D eigenvalue weighted by Gasteiger charge is -2.37. The van der Waals surface area contributed by atoms with E-state index in [4.69, 9.17) is 5.11 Å². The van der Waals surface area contributed by atoms with Crippen molar-refractivity contribution < 1.29 is 27.9 Å². The van der Waals surface area contributed by atoms with Gasteiger partial charge in [0.05, 0.1) is 5.92 Å².